The molecule has 8 aliphatic rings. The van der Waals surface area contributed by atoms with Gasteiger partial charge in [-0.05, 0) is 256 Å². The molecule has 4 saturated carbocycles. The Morgan fingerprint density at radius 3 is 0.928 bits per heavy atom. The number of hydrogen-bond acceptors (Lipinski definition) is 14. The van der Waals surface area contributed by atoms with Gasteiger partial charge in [0.25, 0.3) is 23.6 Å². The Morgan fingerprint density at radius 1 is 0.384 bits per heavy atom. The highest BCUT2D eigenvalue weighted by Crippen LogP contribution is 2.52. The fourth-order valence-electron chi connectivity index (χ4n) is 18.0. The van der Waals surface area contributed by atoms with E-state index in [9.17, 15) is 49.8 Å². The van der Waals surface area contributed by atoms with E-state index < -0.39 is 40.3 Å². The van der Waals surface area contributed by atoms with Gasteiger partial charge in [0.1, 0.15) is 28.8 Å². The fraction of sp³-hybridized carbons (Fsp3) is 0.431. The Balaban J connectivity index is 0.000000143. The Hall–Kier alpha value is -12.9. The summed E-state index contributed by atoms with van der Waals surface area (Å²) in [6.07, 6.45) is 54.9. The second kappa shape index (κ2) is 37.3. The van der Waals surface area contributed by atoms with Crippen LogP contribution in [0.25, 0.3) is 22.3 Å². The Kier molecular flexibility index (Phi) is 26.8. The van der Waals surface area contributed by atoms with E-state index in [-0.39, 0.29) is 67.9 Å². The van der Waals surface area contributed by atoms with Crippen LogP contribution < -0.4 is 21.3 Å². The SMILES string of the molecule is C#Cc1cnc(C(=O)Nc2ccc(C3(C#N)CCCCC3)cc2C2=CCC(C)(C)CC2)[nH]1.C#Cc1cnc(C(=O)Nc2ccc(C3(O)CCC(C(=O)O)CC3)cc2C2=CCC(C)(C)CC2)[nH]1.C#Cc1cnc(C(=O)Nc2ccc(C3(O)CCCC3)cc2C2=CCC(C)(C)CC2)[nH]1.CC1(C)CC=C(c2cc(C3(C#N)CC3)ccc2NC(=O)c2ncc(C#N)[nH]2)CC1. The molecule has 11 N–H and O–H groups in total. The van der Waals surface area contributed by atoms with E-state index in [1.807, 2.05) is 60.7 Å². The van der Waals surface area contributed by atoms with Crippen LogP contribution in [0.3, 0.4) is 0 Å². The van der Waals surface area contributed by atoms with Gasteiger partial charge < -0.3 is 56.5 Å². The lowest BCUT2D eigenvalue weighted by Crippen LogP contribution is -2.34. The molecule has 0 saturated heterocycles. The summed E-state index contributed by atoms with van der Waals surface area (Å²) < 4.78 is 0. The van der Waals surface area contributed by atoms with Crippen LogP contribution in [0.15, 0.2) is 122 Å². The molecule has 0 aliphatic heterocycles. The van der Waals surface area contributed by atoms with Crippen LogP contribution in [0.1, 0.15) is 339 Å². The summed E-state index contributed by atoms with van der Waals surface area (Å²) in [5, 5.41) is 72.3. The smallest absolute Gasteiger partial charge is 0.306 e. The number of hydrogen-bond donors (Lipinski definition) is 11. The molecule has 4 heterocycles. The average Bonchev–Trinajstić information content (AvgIpc) is 1.63. The highest BCUT2D eigenvalue weighted by molar-refractivity contribution is 6.06. The van der Waals surface area contributed by atoms with Crippen molar-refractivity contribution in [1.82, 2.24) is 39.9 Å². The van der Waals surface area contributed by atoms with E-state index in [1.54, 1.807) is 0 Å². The molecule has 0 unspecified atom stereocenters. The number of nitriles is 3. The molecule has 0 spiro atoms. The zero-order valence-corrected chi connectivity index (χ0v) is 73.0. The number of benzene rings is 4. The van der Waals surface area contributed by atoms with Crippen molar-refractivity contribution in [3.8, 4) is 55.2 Å². The van der Waals surface area contributed by atoms with Crippen molar-refractivity contribution in [3.63, 3.8) is 0 Å². The van der Waals surface area contributed by atoms with Gasteiger partial charge in [0.05, 0.1) is 64.9 Å². The summed E-state index contributed by atoms with van der Waals surface area (Å²) in [4.78, 5) is 89.8. The number of carbonyl (C=O) groups excluding carboxylic acids is 4. The van der Waals surface area contributed by atoms with Crippen LogP contribution in [-0.2, 0) is 26.8 Å². The molecule has 0 radical (unpaired) electrons. The Bertz CT molecular complexity index is 5860. The van der Waals surface area contributed by atoms with Gasteiger partial charge in [-0.2, -0.15) is 15.8 Å². The number of nitrogens with zero attached hydrogens (tertiary/aromatic N) is 7. The predicted molar refractivity (Wildman–Crippen MR) is 486 cm³/mol. The van der Waals surface area contributed by atoms with Gasteiger partial charge in [-0.1, -0.05) is 154 Å². The molecule has 0 atom stereocenters. The maximum absolute atomic E-state index is 12.8. The summed E-state index contributed by atoms with van der Waals surface area (Å²) in [5.74, 6) is 5.27. The second-order valence-corrected chi connectivity index (χ2v) is 38.2. The number of nitrogens with one attached hydrogen (secondary N) is 8. The van der Waals surface area contributed by atoms with Gasteiger partial charge in [0, 0.05) is 45.0 Å². The van der Waals surface area contributed by atoms with E-state index in [0.717, 1.165) is 203 Å². The van der Waals surface area contributed by atoms with E-state index in [2.05, 4.69) is 189 Å². The number of carboxylic acids is 1. The first-order valence-corrected chi connectivity index (χ1v) is 43.7. The molecule has 8 aromatic rings. The Morgan fingerprint density at radius 2 is 0.664 bits per heavy atom. The summed E-state index contributed by atoms with van der Waals surface area (Å²) in [5.41, 5.74) is 15.2. The van der Waals surface area contributed by atoms with Crippen LogP contribution in [0.4, 0.5) is 22.7 Å². The molecule has 4 amide bonds. The number of H-pyrrole nitrogens is 4. The number of anilines is 4. The zero-order chi connectivity index (χ0) is 89.3. The minimum Gasteiger partial charge on any atom is -0.481 e. The van der Waals surface area contributed by atoms with Gasteiger partial charge >= 0.3 is 5.97 Å². The highest BCUT2D eigenvalue weighted by atomic mass is 16.4. The molecule has 16 rings (SSSR count). The number of amides is 4. The average molecular weight is 1680 g/mol. The molecule has 0 bridgehead atoms. The third kappa shape index (κ3) is 21.3. The van der Waals surface area contributed by atoms with Crippen molar-refractivity contribution in [2.75, 3.05) is 21.3 Å². The zero-order valence-electron chi connectivity index (χ0n) is 73.0. The molecule has 8 aliphatic carbocycles. The summed E-state index contributed by atoms with van der Waals surface area (Å²) in [7, 11) is 0. The minimum absolute atomic E-state index is 0.103. The number of imidazole rings is 4. The van der Waals surface area contributed by atoms with Crippen molar-refractivity contribution < 1.29 is 39.3 Å². The number of carboxylic acid groups (broad SMARTS) is 1. The van der Waals surface area contributed by atoms with Crippen molar-refractivity contribution in [2.45, 2.75) is 251 Å². The molecule has 23 nitrogen and oxygen atoms in total. The first-order valence-electron chi connectivity index (χ1n) is 43.7. The number of rotatable bonds is 17. The van der Waals surface area contributed by atoms with E-state index >= 15 is 0 Å². The molecule has 4 aromatic heterocycles. The standard InChI is InChI=1S/C27H30N4O.C27H31N3O4.C25H29N3O2.C23H23N5O/c1-4-21-17-29-24(30-21)25(32)31-23-9-8-20(27(18-28)12-6-5-7-13-27)16-22(23)19-10-14-26(2,3)15-11-19;1-4-20-16-28-23(29-20)24(31)30-22-6-5-19(27(34)13-9-18(10-14-27)25(32)33)15-21(22)17-7-11-26(2,3)12-8-17;1-4-19-16-26-22(27-19)23(29)28-21-8-7-18(25(30)11-5-6-12-25)15-20(21)17-9-13-24(2,3)14-10-17;1-22(2)7-5-15(6-8-22)18-11-16(23(14-25)9-10-23)3-4-19(18)28-21(29)20-26-13-17(12-24)27-20/h1,8-10,16-17H,5-7,11-15H2,2-3H3,(H,29,30)(H,31,32);1,5-7,15-16,18,34H,8-14H2,2-3H3,(H,28,29)(H,30,31)(H,32,33);1,7-9,15-16,30H,5-6,10-14H2,2-3H3,(H,26,27)(H,28,29);3-5,11,13H,6-10H2,1-2H3,(H,26,27)(H,28,29). The largest absolute Gasteiger partial charge is 0.481 e. The molecule has 23 heteroatoms. The number of aromatic nitrogens is 8. The third-order valence-corrected chi connectivity index (χ3v) is 26.8. The topological polar surface area (TPSA) is 380 Å². The van der Waals surface area contributed by atoms with Gasteiger partial charge in [-0.15, -0.1) is 19.3 Å². The van der Waals surface area contributed by atoms with Crippen molar-refractivity contribution in [1.29, 1.82) is 15.8 Å². The normalized spacial score (nSPS) is 20.6. The number of aliphatic carboxylic acids is 1. The monoisotopic (exact) mass is 1680 g/mol. The quantitative estimate of drug-likeness (QED) is 0.0377. The van der Waals surface area contributed by atoms with Crippen LogP contribution in [-0.4, -0.2) is 84.8 Å². The third-order valence-electron chi connectivity index (χ3n) is 26.8. The van der Waals surface area contributed by atoms with Crippen LogP contribution in [0.5, 0.6) is 0 Å². The maximum Gasteiger partial charge on any atom is 0.306 e. The summed E-state index contributed by atoms with van der Waals surface area (Å²) in [6, 6.07) is 30.5. The highest BCUT2D eigenvalue weighted by Gasteiger charge is 2.46. The first-order chi connectivity index (χ1) is 59.6. The molecular weight excluding hydrogens is 1560 g/mol. The van der Waals surface area contributed by atoms with E-state index in [1.165, 1.54) is 47.9 Å². The fourth-order valence-corrected chi connectivity index (χ4v) is 18.0. The number of allylic oxidation sites excluding steroid dienone is 8. The number of carbonyl (C=O) groups is 5. The first kappa shape index (κ1) is 89.8. The van der Waals surface area contributed by atoms with Gasteiger partial charge in [0.2, 0.25) is 0 Å². The van der Waals surface area contributed by atoms with Gasteiger partial charge in [-0.3, -0.25) is 24.0 Å². The molecule has 644 valence electrons. The lowest BCUT2D eigenvalue weighted by Gasteiger charge is -2.36. The molecular formula is C102H113N15O8. The molecule has 4 fully saturated rings. The van der Waals surface area contributed by atoms with Gasteiger partial charge in [0.15, 0.2) is 23.3 Å². The van der Waals surface area contributed by atoms with Crippen LogP contribution >= 0.6 is 0 Å². The molecule has 125 heavy (non-hydrogen) atoms. The van der Waals surface area contributed by atoms with Crippen molar-refractivity contribution in [3.05, 3.63) is 212 Å². The maximum atomic E-state index is 12.8. The lowest BCUT2D eigenvalue weighted by atomic mass is 9.69. The van der Waals surface area contributed by atoms with Gasteiger partial charge in [-0.25, -0.2) is 19.9 Å². The van der Waals surface area contributed by atoms with Crippen molar-refractivity contribution in [2.24, 2.45) is 27.6 Å². The van der Waals surface area contributed by atoms with Crippen LogP contribution in [0, 0.1) is 98.6 Å². The van der Waals surface area contributed by atoms with E-state index in [0.29, 0.717) is 54.1 Å². The second-order valence-electron chi connectivity index (χ2n) is 38.2. The Labute approximate surface area is 732 Å². The number of terminal acetylenes is 3. The molecule has 4 aromatic carbocycles. The van der Waals surface area contributed by atoms with Crippen LogP contribution in [0.2, 0.25) is 0 Å². The number of aromatic amines is 4. The number of aliphatic hydroxyl groups is 2. The van der Waals surface area contributed by atoms with E-state index in [4.69, 9.17) is 24.5 Å². The van der Waals surface area contributed by atoms with Crippen molar-refractivity contribution >= 4 is 74.6 Å². The summed E-state index contributed by atoms with van der Waals surface area (Å²) >= 11 is 0. The summed E-state index contributed by atoms with van der Waals surface area (Å²) in [6.45, 7) is 18.1. The predicted octanol–water partition coefficient (Wildman–Crippen LogP) is 20.3. The lowest BCUT2D eigenvalue weighted by molar-refractivity contribution is -0.145. The minimum atomic E-state index is -1.08.